The van der Waals surface area contributed by atoms with Crippen LogP contribution in [0.4, 0.5) is 11.4 Å². The number of hydrogen-bond donors (Lipinski definition) is 2. The van der Waals surface area contributed by atoms with E-state index >= 15 is 0 Å². The van der Waals surface area contributed by atoms with Crippen LogP contribution in [0, 0.1) is 0 Å². The van der Waals surface area contributed by atoms with Crippen LogP contribution >= 0.6 is 0 Å². The molecular formula is C27H31N3O3. The number of carbonyl (C=O) groups excluding carboxylic acids is 2. The summed E-state index contributed by atoms with van der Waals surface area (Å²) in [4.78, 5) is 26.9. The summed E-state index contributed by atoms with van der Waals surface area (Å²) < 4.78 is 5.77. The highest BCUT2D eigenvalue weighted by atomic mass is 16.5. The maximum Gasteiger partial charge on any atom is 0.253 e. The molecular weight excluding hydrogens is 414 g/mol. The maximum absolute atomic E-state index is 12.7. The highest BCUT2D eigenvalue weighted by molar-refractivity contribution is 5.96. The molecule has 0 spiro atoms. The molecule has 6 heteroatoms. The Morgan fingerprint density at radius 3 is 1.94 bits per heavy atom. The van der Waals surface area contributed by atoms with Crippen LogP contribution in [0.1, 0.15) is 37.0 Å². The van der Waals surface area contributed by atoms with Crippen LogP contribution in [0.3, 0.4) is 0 Å². The van der Waals surface area contributed by atoms with E-state index in [-0.39, 0.29) is 18.4 Å². The van der Waals surface area contributed by atoms with Crippen molar-refractivity contribution in [3.63, 3.8) is 0 Å². The molecule has 0 bridgehead atoms. The summed E-state index contributed by atoms with van der Waals surface area (Å²) in [7, 11) is 0. The Morgan fingerprint density at radius 1 is 0.758 bits per heavy atom. The topological polar surface area (TPSA) is 70.7 Å². The van der Waals surface area contributed by atoms with Gasteiger partial charge in [0.1, 0.15) is 11.5 Å². The summed E-state index contributed by atoms with van der Waals surface area (Å²) >= 11 is 0. The van der Waals surface area contributed by atoms with E-state index in [4.69, 9.17) is 4.74 Å². The third-order valence-electron chi connectivity index (χ3n) is 4.98. The summed E-state index contributed by atoms with van der Waals surface area (Å²) in [5.41, 5.74) is 2.10. The van der Waals surface area contributed by atoms with Crippen molar-refractivity contribution in [1.29, 1.82) is 0 Å². The molecule has 0 saturated carbocycles. The van der Waals surface area contributed by atoms with Crippen molar-refractivity contribution < 1.29 is 14.3 Å². The average Bonchev–Trinajstić information content (AvgIpc) is 2.84. The van der Waals surface area contributed by atoms with Gasteiger partial charge in [-0.2, -0.15) is 0 Å². The van der Waals surface area contributed by atoms with E-state index in [2.05, 4.69) is 24.5 Å². The van der Waals surface area contributed by atoms with Crippen LogP contribution in [-0.2, 0) is 4.79 Å². The zero-order valence-corrected chi connectivity index (χ0v) is 19.2. The molecule has 2 amide bonds. The summed E-state index contributed by atoms with van der Waals surface area (Å²) in [5.74, 6) is 1.35. The highest BCUT2D eigenvalue weighted by Gasteiger charge is 2.14. The molecule has 6 nitrogen and oxygen atoms in total. The van der Waals surface area contributed by atoms with Crippen molar-refractivity contribution in [3.8, 4) is 11.5 Å². The number of ether oxygens (including phenoxy) is 1. The van der Waals surface area contributed by atoms with E-state index < -0.39 is 0 Å². The summed E-state index contributed by atoms with van der Waals surface area (Å²) in [6, 6.07) is 24.0. The lowest BCUT2D eigenvalue weighted by atomic mass is 10.1. The SMILES string of the molecule is CCCN(CCC)C(=O)c1ccc(NC(=O)CNc2ccc(Oc3ccccc3)cc2)cc1. The van der Waals surface area contributed by atoms with Crippen molar-refractivity contribution >= 4 is 23.2 Å². The number of rotatable bonds is 11. The van der Waals surface area contributed by atoms with Gasteiger partial charge in [0.05, 0.1) is 6.54 Å². The molecule has 0 aliphatic carbocycles. The number of hydrogen-bond acceptors (Lipinski definition) is 4. The minimum Gasteiger partial charge on any atom is -0.457 e. The number of nitrogens with one attached hydrogen (secondary N) is 2. The van der Waals surface area contributed by atoms with E-state index in [1.54, 1.807) is 24.3 Å². The monoisotopic (exact) mass is 445 g/mol. The Morgan fingerprint density at radius 2 is 1.33 bits per heavy atom. The van der Waals surface area contributed by atoms with E-state index in [1.165, 1.54) is 0 Å². The lowest BCUT2D eigenvalue weighted by Gasteiger charge is -2.21. The second-order valence-corrected chi connectivity index (χ2v) is 7.71. The van der Waals surface area contributed by atoms with Gasteiger partial charge in [-0.3, -0.25) is 9.59 Å². The summed E-state index contributed by atoms with van der Waals surface area (Å²) in [6.07, 6.45) is 1.85. The molecule has 0 atom stereocenters. The standard InChI is InChI=1S/C27H31N3O3/c1-3-18-30(19-4-2)27(32)21-10-12-23(13-11-21)29-26(31)20-28-22-14-16-25(17-15-22)33-24-8-6-5-7-9-24/h5-17,28H,3-4,18-20H2,1-2H3,(H,29,31). The average molecular weight is 446 g/mol. The Hall–Kier alpha value is -3.80. The molecule has 3 aromatic carbocycles. The number of anilines is 2. The molecule has 0 aliphatic heterocycles. The summed E-state index contributed by atoms with van der Waals surface area (Å²) in [6.45, 7) is 5.75. The number of nitrogens with zero attached hydrogens (tertiary/aromatic N) is 1. The molecule has 0 saturated heterocycles. The molecule has 172 valence electrons. The predicted octanol–water partition coefficient (Wildman–Crippen LogP) is 5.79. The summed E-state index contributed by atoms with van der Waals surface area (Å²) in [5, 5.41) is 5.95. The largest absolute Gasteiger partial charge is 0.457 e. The van der Waals surface area contributed by atoms with Crippen molar-refractivity contribution in [2.75, 3.05) is 30.3 Å². The fourth-order valence-electron chi connectivity index (χ4n) is 3.39. The van der Waals surface area contributed by atoms with Crippen LogP contribution < -0.4 is 15.4 Å². The lowest BCUT2D eigenvalue weighted by Crippen LogP contribution is -2.32. The van der Waals surface area contributed by atoms with Crippen LogP contribution in [0.15, 0.2) is 78.9 Å². The van der Waals surface area contributed by atoms with Gasteiger partial charge in [-0.25, -0.2) is 0 Å². The molecule has 0 unspecified atom stereocenters. The Bertz CT molecular complexity index is 1010. The Balaban J connectivity index is 1.48. The van der Waals surface area contributed by atoms with Crippen LogP contribution in [0.25, 0.3) is 0 Å². The molecule has 2 N–H and O–H groups in total. The number of amides is 2. The molecule has 0 aliphatic rings. The van der Waals surface area contributed by atoms with Gasteiger partial charge in [0, 0.05) is 30.0 Å². The van der Waals surface area contributed by atoms with Gasteiger partial charge in [0.15, 0.2) is 0 Å². The fourth-order valence-corrected chi connectivity index (χ4v) is 3.39. The Labute approximate surface area is 195 Å². The van der Waals surface area contributed by atoms with Gasteiger partial charge < -0.3 is 20.3 Å². The quantitative estimate of drug-likeness (QED) is 0.392. The molecule has 0 fully saturated rings. The zero-order chi connectivity index (χ0) is 23.5. The van der Waals surface area contributed by atoms with E-state index in [9.17, 15) is 9.59 Å². The van der Waals surface area contributed by atoms with Crippen molar-refractivity contribution in [3.05, 3.63) is 84.4 Å². The molecule has 33 heavy (non-hydrogen) atoms. The van der Waals surface area contributed by atoms with E-state index in [0.717, 1.165) is 43.1 Å². The first-order valence-electron chi connectivity index (χ1n) is 11.3. The van der Waals surface area contributed by atoms with Gasteiger partial charge in [-0.05, 0) is 73.5 Å². The number of carbonyl (C=O) groups is 2. The van der Waals surface area contributed by atoms with Crippen LogP contribution in [-0.4, -0.2) is 36.3 Å². The predicted molar refractivity (Wildman–Crippen MR) is 133 cm³/mol. The first kappa shape index (κ1) is 23.9. The Kier molecular flexibility index (Phi) is 8.88. The maximum atomic E-state index is 12.7. The van der Waals surface area contributed by atoms with Gasteiger partial charge >= 0.3 is 0 Å². The van der Waals surface area contributed by atoms with Gasteiger partial charge in [0.25, 0.3) is 5.91 Å². The van der Waals surface area contributed by atoms with Crippen LogP contribution in [0.5, 0.6) is 11.5 Å². The minimum atomic E-state index is -0.169. The highest BCUT2D eigenvalue weighted by Crippen LogP contribution is 2.22. The van der Waals surface area contributed by atoms with Gasteiger partial charge in [0.2, 0.25) is 5.91 Å². The van der Waals surface area contributed by atoms with Crippen molar-refractivity contribution in [2.24, 2.45) is 0 Å². The first-order valence-corrected chi connectivity index (χ1v) is 11.3. The second kappa shape index (κ2) is 12.3. The molecule has 0 aromatic heterocycles. The third-order valence-corrected chi connectivity index (χ3v) is 4.98. The van der Waals surface area contributed by atoms with Gasteiger partial charge in [-0.15, -0.1) is 0 Å². The van der Waals surface area contributed by atoms with Crippen molar-refractivity contribution in [1.82, 2.24) is 4.90 Å². The molecule has 0 heterocycles. The normalized spacial score (nSPS) is 10.4. The van der Waals surface area contributed by atoms with E-state index in [1.807, 2.05) is 59.5 Å². The molecule has 3 aromatic rings. The molecule has 3 rings (SSSR count). The minimum absolute atomic E-state index is 0.0259. The van der Waals surface area contributed by atoms with E-state index in [0.29, 0.717) is 11.3 Å². The number of benzene rings is 3. The smallest absolute Gasteiger partial charge is 0.253 e. The lowest BCUT2D eigenvalue weighted by molar-refractivity contribution is -0.114. The zero-order valence-electron chi connectivity index (χ0n) is 19.2. The van der Waals surface area contributed by atoms with Gasteiger partial charge in [-0.1, -0.05) is 32.0 Å². The number of para-hydroxylation sites is 1. The third kappa shape index (κ3) is 7.38. The molecule has 0 radical (unpaired) electrons. The van der Waals surface area contributed by atoms with Crippen LogP contribution in [0.2, 0.25) is 0 Å². The first-order chi connectivity index (χ1) is 16.1. The fraction of sp³-hybridized carbons (Fsp3) is 0.259. The second-order valence-electron chi connectivity index (χ2n) is 7.71. The van der Waals surface area contributed by atoms with Crippen molar-refractivity contribution in [2.45, 2.75) is 26.7 Å².